The Hall–Kier alpha value is -0.970. The van der Waals surface area contributed by atoms with Crippen molar-refractivity contribution in [3.63, 3.8) is 0 Å². The van der Waals surface area contributed by atoms with Crippen molar-refractivity contribution < 1.29 is 14.6 Å². The van der Waals surface area contributed by atoms with Crippen LogP contribution in [0.25, 0.3) is 0 Å². The van der Waals surface area contributed by atoms with E-state index in [1.54, 1.807) is 6.07 Å². The van der Waals surface area contributed by atoms with Crippen molar-refractivity contribution in [1.29, 1.82) is 0 Å². The topological polar surface area (TPSA) is 64.7 Å². The summed E-state index contributed by atoms with van der Waals surface area (Å²) >= 11 is 6.18. The Morgan fingerprint density at radius 3 is 2.50 bits per heavy atom. The highest BCUT2D eigenvalue weighted by molar-refractivity contribution is 6.32. The van der Waals surface area contributed by atoms with Gasteiger partial charge in [-0.1, -0.05) is 25.4 Å². The smallest absolute Gasteiger partial charge is 0.180 e. The van der Waals surface area contributed by atoms with Crippen LogP contribution in [0.15, 0.2) is 6.07 Å². The van der Waals surface area contributed by atoms with E-state index in [-0.39, 0.29) is 12.5 Å². The van der Waals surface area contributed by atoms with Crippen LogP contribution in [0, 0.1) is 0 Å². The molecule has 1 aromatic carbocycles. The van der Waals surface area contributed by atoms with Crippen molar-refractivity contribution in [2.24, 2.45) is 5.73 Å². The van der Waals surface area contributed by atoms with Crippen molar-refractivity contribution in [3.8, 4) is 11.5 Å². The van der Waals surface area contributed by atoms with E-state index in [2.05, 4.69) is 13.8 Å². The molecule has 0 fully saturated rings. The van der Waals surface area contributed by atoms with Crippen molar-refractivity contribution in [3.05, 3.63) is 22.2 Å². The molecule has 0 saturated carbocycles. The average Bonchev–Trinajstić information content (AvgIpc) is 2.37. The largest absolute Gasteiger partial charge is 0.486 e. The predicted octanol–water partition coefficient (Wildman–Crippen LogP) is 2.23. The van der Waals surface area contributed by atoms with Gasteiger partial charge in [-0.25, -0.2) is 0 Å². The molecule has 0 saturated heterocycles. The van der Waals surface area contributed by atoms with Crippen LogP contribution in [0.1, 0.15) is 36.9 Å². The molecule has 1 heterocycles. The Labute approximate surface area is 112 Å². The molecule has 0 aromatic heterocycles. The molecular formula is C13H18ClNO3. The van der Waals surface area contributed by atoms with Gasteiger partial charge in [0, 0.05) is 5.56 Å². The molecule has 1 aliphatic heterocycles. The lowest BCUT2D eigenvalue weighted by molar-refractivity contribution is 0.169. The second-order valence-electron chi connectivity index (χ2n) is 4.66. The lowest BCUT2D eigenvalue weighted by atomic mass is 9.91. The number of aliphatic hydroxyl groups excluding tert-OH is 1. The number of nitrogens with two attached hydrogens (primary N) is 1. The van der Waals surface area contributed by atoms with Gasteiger partial charge in [0.05, 0.1) is 17.7 Å². The summed E-state index contributed by atoms with van der Waals surface area (Å²) < 4.78 is 11.2. The second kappa shape index (κ2) is 5.34. The zero-order chi connectivity index (χ0) is 13.3. The zero-order valence-corrected chi connectivity index (χ0v) is 11.3. The lowest BCUT2D eigenvalue weighted by Crippen LogP contribution is -2.22. The van der Waals surface area contributed by atoms with Crippen molar-refractivity contribution in [1.82, 2.24) is 0 Å². The number of benzene rings is 1. The molecule has 0 bridgehead atoms. The number of fused-ring (bicyclic) bond motifs is 1. The van der Waals surface area contributed by atoms with Gasteiger partial charge >= 0.3 is 0 Å². The van der Waals surface area contributed by atoms with Gasteiger partial charge in [0.15, 0.2) is 11.5 Å². The van der Waals surface area contributed by atoms with Crippen LogP contribution in [0.2, 0.25) is 5.02 Å². The molecule has 4 nitrogen and oxygen atoms in total. The minimum atomic E-state index is -0.462. The first-order valence-electron chi connectivity index (χ1n) is 6.04. The molecule has 18 heavy (non-hydrogen) atoms. The molecule has 0 spiro atoms. The Balaban J connectivity index is 2.63. The second-order valence-corrected chi connectivity index (χ2v) is 5.07. The highest BCUT2D eigenvalue weighted by Gasteiger charge is 2.26. The summed E-state index contributed by atoms with van der Waals surface area (Å²) in [6.07, 6.45) is 0. The first-order valence-corrected chi connectivity index (χ1v) is 6.42. The maximum atomic E-state index is 9.25. The minimum absolute atomic E-state index is 0.129. The normalized spacial score (nSPS) is 15.9. The van der Waals surface area contributed by atoms with Crippen LogP contribution in [0.3, 0.4) is 0 Å². The SMILES string of the molecule is CC(C)c1c(C(N)CO)cc(Cl)c2c1OCCO2. The first kappa shape index (κ1) is 13.5. The molecule has 5 heteroatoms. The molecular weight excluding hydrogens is 254 g/mol. The number of hydrogen-bond acceptors (Lipinski definition) is 4. The summed E-state index contributed by atoms with van der Waals surface area (Å²) in [7, 11) is 0. The summed E-state index contributed by atoms with van der Waals surface area (Å²) in [5, 5.41) is 9.73. The van der Waals surface area contributed by atoms with Crippen LogP contribution >= 0.6 is 11.6 Å². The molecule has 0 amide bonds. The van der Waals surface area contributed by atoms with Crippen molar-refractivity contribution >= 4 is 11.6 Å². The fourth-order valence-electron chi connectivity index (χ4n) is 2.21. The van der Waals surface area contributed by atoms with E-state index in [0.29, 0.717) is 29.7 Å². The van der Waals surface area contributed by atoms with E-state index in [4.69, 9.17) is 26.8 Å². The van der Waals surface area contributed by atoms with Crippen LogP contribution in [-0.4, -0.2) is 24.9 Å². The standard InChI is InChI=1S/C13H18ClNO3/c1-7(2)11-8(10(15)6-16)5-9(14)12-13(11)18-4-3-17-12/h5,7,10,16H,3-4,6,15H2,1-2H3. The Morgan fingerprint density at radius 1 is 1.33 bits per heavy atom. The molecule has 1 atom stereocenters. The molecule has 0 aliphatic carbocycles. The maximum Gasteiger partial charge on any atom is 0.180 e. The highest BCUT2D eigenvalue weighted by atomic mass is 35.5. The summed E-state index contributed by atoms with van der Waals surface area (Å²) in [6, 6.07) is 1.31. The highest BCUT2D eigenvalue weighted by Crippen LogP contribution is 2.46. The van der Waals surface area contributed by atoms with Crippen LogP contribution in [0.4, 0.5) is 0 Å². The quantitative estimate of drug-likeness (QED) is 0.885. The van der Waals surface area contributed by atoms with E-state index in [1.165, 1.54) is 0 Å². The number of ether oxygens (including phenoxy) is 2. The Bertz CT molecular complexity index is 448. The molecule has 0 radical (unpaired) electrons. The van der Waals surface area contributed by atoms with E-state index >= 15 is 0 Å². The van der Waals surface area contributed by atoms with Gasteiger partial charge < -0.3 is 20.3 Å². The molecule has 1 aromatic rings. The lowest BCUT2D eigenvalue weighted by Gasteiger charge is -2.27. The zero-order valence-electron chi connectivity index (χ0n) is 10.6. The molecule has 1 unspecified atom stereocenters. The Morgan fingerprint density at radius 2 is 1.94 bits per heavy atom. The predicted molar refractivity (Wildman–Crippen MR) is 70.5 cm³/mol. The third kappa shape index (κ3) is 2.28. The summed E-state index contributed by atoms with van der Waals surface area (Å²) in [6.45, 7) is 4.97. The van der Waals surface area contributed by atoms with E-state index in [9.17, 15) is 5.11 Å². The van der Waals surface area contributed by atoms with Gasteiger partial charge in [-0.2, -0.15) is 0 Å². The van der Waals surface area contributed by atoms with Crippen LogP contribution in [-0.2, 0) is 0 Å². The summed E-state index contributed by atoms with van der Waals surface area (Å²) in [4.78, 5) is 0. The first-order chi connectivity index (χ1) is 8.56. The van der Waals surface area contributed by atoms with Crippen LogP contribution in [0.5, 0.6) is 11.5 Å². The number of aliphatic hydroxyl groups is 1. The number of rotatable bonds is 3. The fourth-order valence-corrected chi connectivity index (χ4v) is 2.47. The van der Waals surface area contributed by atoms with E-state index in [1.807, 2.05) is 0 Å². The van der Waals surface area contributed by atoms with Gasteiger partial charge in [-0.05, 0) is 17.5 Å². The number of halogens is 1. The average molecular weight is 272 g/mol. The van der Waals surface area contributed by atoms with Crippen molar-refractivity contribution in [2.75, 3.05) is 19.8 Å². The van der Waals surface area contributed by atoms with Gasteiger partial charge in [-0.15, -0.1) is 0 Å². The van der Waals surface area contributed by atoms with E-state index in [0.717, 1.165) is 11.1 Å². The Kier molecular flexibility index (Phi) is 4.00. The fraction of sp³-hybridized carbons (Fsp3) is 0.538. The maximum absolute atomic E-state index is 9.25. The molecule has 3 N–H and O–H groups in total. The third-order valence-electron chi connectivity index (χ3n) is 3.01. The summed E-state index contributed by atoms with van der Waals surface area (Å²) in [5.41, 5.74) is 7.72. The molecule has 1 aliphatic rings. The van der Waals surface area contributed by atoms with Gasteiger partial charge in [0.25, 0.3) is 0 Å². The number of hydrogen-bond donors (Lipinski definition) is 2. The van der Waals surface area contributed by atoms with Gasteiger partial charge in [0.2, 0.25) is 0 Å². The monoisotopic (exact) mass is 271 g/mol. The third-order valence-corrected chi connectivity index (χ3v) is 3.29. The van der Waals surface area contributed by atoms with Gasteiger partial charge in [0.1, 0.15) is 13.2 Å². The minimum Gasteiger partial charge on any atom is -0.486 e. The van der Waals surface area contributed by atoms with Crippen molar-refractivity contribution in [2.45, 2.75) is 25.8 Å². The summed E-state index contributed by atoms with van der Waals surface area (Å²) in [5.74, 6) is 1.47. The molecule has 2 rings (SSSR count). The van der Waals surface area contributed by atoms with E-state index < -0.39 is 6.04 Å². The van der Waals surface area contributed by atoms with Gasteiger partial charge in [-0.3, -0.25) is 0 Å². The van der Waals surface area contributed by atoms with Crippen LogP contribution < -0.4 is 15.2 Å². The molecule has 100 valence electrons.